The van der Waals surface area contributed by atoms with Gasteiger partial charge in [0.05, 0.1) is 13.2 Å². The predicted octanol–water partition coefficient (Wildman–Crippen LogP) is 7.27. The maximum absolute atomic E-state index is 5.88. The molecule has 0 saturated heterocycles. The molecule has 0 amide bonds. The number of hydrogen-bond acceptors (Lipinski definition) is 4. The van der Waals surface area contributed by atoms with E-state index >= 15 is 0 Å². The lowest BCUT2D eigenvalue weighted by molar-refractivity contribution is 0.133. The Hall–Kier alpha value is -1.94. The summed E-state index contributed by atoms with van der Waals surface area (Å²) in [5, 5.41) is 0. The average Bonchev–Trinajstić information content (AvgIpc) is 2.81. The van der Waals surface area contributed by atoms with E-state index in [0.717, 1.165) is 67.7 Å². The van der Waals surface area contributed by atoms with Gasteiger partial charge in [-0.05, 0) is 55.0 Å². The molecule has 0 aliphatic heterocycles. The van der Waals surface area contributed by atoms with Gasteiger partial charge in [0, 0.05) is 24.6 Å². The summed E-state index contributed by atoms with van der Waals surface area (Å²) >= 11 is 0. The van der Waals surface area contributed by atoms with Crippen LogP contribution < -0.4 is 4.74 Å². The molecule has 0 spiro atoms. The molecule has 1 atom stereocenters. The summed E-state index contributed by atoms with van der Waals surface area (Å²) in [5.74, 6) is 2.51. The number of hydrogen-bond donors (Lipinski definition) is 0. The second-order valence-electron chi connectivity index (χ2n) is 8.57. The molecule has 1 unspecified atom stereocenters. The molecule has 1 aromatic carbocycles. The molecule has 1 heterocycles. The van der Waals surface area contributed by atoms with Crippen LogP contribution in [0.25, 0.3) is 11.4 Å². The van der Waals surface area contributed by atoms with E-state index in [9.17, 15) is 0 Å². The largest absolute Gasteiger partial charge is 0.494 e. The van der Waals surface area contributed by atoms with Gasteiger partial charge in [-0.1, -0.05) is 65.7 Å². The van der Waals surface area contributed by atoms with E-state index in [1.807, 2.05) is 36.7 Å². The van der Waals surface area contributed by atoms with Crippen LogP contribution in [0.4, 0.5) is 0 Å². The van der Waals surface area contributed by atoms with Gasteiger partial charge in [0.2, 0.25) is 0 Å². The van der Waals surface area contributed by atoms with Gasteiger partial charge < -0.3 is 9.47 Å². The molecule has 2 aromatic rings. The molecule has 0 N–H and O–H groups in total. The van der Waals surface area contributed by atoms with Crippen molar-refractivity contribution in [1.29, 1.82) is 0 Å². The smallest absolute Gasteiger partial charge is 0.159 e. The van der Waals surface area contributed by atoms with Crippen molar-refractivity contribution >= 4 is 0 Å². The molecular formula is C27H42N2O2. The molecular weight excluding hydrogens is 384 g/mol. The van der Waals surface area contributed by atoms with Crippen molar-refractivity contribution in [2.24, 2.45) is 5.92 Å². The number of benzene rings is 1. The molecule has 0 aliphatic rings. The maximum atomic E-state index is 5.88. The molecule has 172 valence electrons. The van der Waals surface area contributed by atoms with Crippen molar-refractivity contribution in [2.45, 2.75) is 85.0 Å². The van der Waals surface area contributed by atoms with Crippen molar-refractivity contribution in [1.82, 2.24) is 9.97 Å². The first-order valence-electron chi connectivity index (χ1n) is 12.3. The lowest BCUT2D eigenvalue weighted by atomic mass is 10.0. The van der Waals surface area contributed by atoms with Crippen LogP contribution in [-0.4, -0.2) is 29.8 Å². The molecule has 0 fully saturated rings. The molecule has 1 aromatic heterocycles. The highest BCUT2D eigenvalue weighted by Crippen LogP contribution is 2.20. The Bertz CT molecular complexity index is 685. The van der Waals surface area contributed by atoms with Gasteiger partial charge >= 0.3 is 0 Å². The third kappa shape index (κ3) is 10.8. The number of nitrogens with zero attached hydrogens (tertiary/aromatic N) is 2. The lowest BCUT2D eigenvalue weighted by Crippen LogP contribution is -2.02. The van der Waals surface area contributed by atoms with Crippen molar-refractivity contribution in [2.75, 3.05) is 19.8 Å². The number of aromatic nitrogens is 2. The summed E-state index contributed by atoms with van der Waals surface area (Å²) in [7, 11) is 0. The van der Waals surface area contributed by atoms with E-state index in [-0.39, 0.29) is 0 Å². The second kappa shape index (κ2) is 15.8. The van der Waals surface area contributed by atoms with Gasteiger partial charge in [0.15, 0.2) is 5.82 Å². The molecule has 0 aliphatic carbocycles. The number of ether oxygens (including phenoxy) is 2. The summed E-state index contributed by atoms with van der Waals surface area (Å²) in [5.41, 5.74) is 2.13. The van der Waals surface area contributed by atoms with Gasteiger partial charge in [0.25, 0.3) is 0 Å². The second-order valence-corrected chi connectivity index (χ2v) is 8.57. The average molecular weight is 427 g/mol. The lowest BCUT2D eigenvalue weighted by Gasteiger charge is -2.09. The topological polar surface area (TPSA) is 44.2 Å². The predicted molar refractivity (Wildman–Crippen MR) is 130 cm³/mol. The monoisotopic (exact) mass is 426 g/mol. The van der Waals surface area contributed by atoms with Crippen LogP contribution >= 0.6 is 0 Å². The Morgan fingerprint density at radius 3 is 2.23 bits per heavy atom. The van der Waals surface area contributed by atoms with E-state index in [1.54, 1.807) is 0 Å². The quantitative estimate of drug-likeness (QED) is 0.250. The summed E-state index contributed by atoms with van der Waals surface area (Å²) in [4.78, 5) is 9.06. The molecule has 0 saturated carbocycles. The molecule has 31 heavy (non-hydrogen) atoms. The fourth-order valence-electron chi connectivity index (χ4n) is 3.42. The Morgan fingerprint density at radius 2 is 1.52 bits per heavy atom. The Balaban J connectivity index is 1.65. The van der Waals surface area contributed by atoms with Crippen LogP contribution in [-0.2, 0) is 11.2 Å². The summed E-state index contributed by atoms with van der Waals surface area (Å²) in [6.07, 6.45) is 15.9. The van der Waals surface area contributed by atoms with Gasteiger partial charge in [0.1, 0.15) is 5.75 Å². The van der Waals surface area contributed by atoms with Gasteiger partial charge in [-0.25, -0.2) is 9.97 Å². The Morgan fingerprint density at radius 1 is 0.806 bits per heavy atom. The molecule has 0 bridgehead atoms. The Kier molecular flexibility index (Phi) is 12.9. The highest BCUT2D eigenvalue weighted by atomic mass is 16.5. The highest BCUT2D eigenvalue weighted by molar-refractivity contribution is 5.55. The zero-order valence-corrected chi connectivity index (χ0v) is 19.9. The van der Waals surface area contributed by atoms with Crippen LogP contribution in [0.2, 0.25) is 0 Å². The first-order chi connectivity index (χ1) is 15.2. The Labute approximate surface area is 189 Å². The number of rotatable bonds is 17. The van der Waals surface area contributed by atoms with E-state index < -0.39 is 0 Å². The molecule has 4 nitrogen and oxygen atoms in total. The summed E-state index contributed by atoms with van der Waals surface area (Å²) < 4.78 is 11.6. The fraction of sp³-hybridized carbons (Fsp3) is 0.630. The van der Waals surface area contributed by atoms with Crippen molar-refractivity contribution in [3.63, 3.8) is 0 Å². The van der Waals surface area contributed by atoms with Crippen LogP contribution in [0.3, 0.4) is 0 Å². The van der Waals surface area contributed by atoms with E-state index in [0.29, 0.717) is 0 Å². The first kappa shape index (κ1) is 25.3. The van der Waals surface area contributed by atoms with Crippen LogP contribution in [0.5, 0.6) is 5.75 Å². The standard InChI is InChI=1S/C27H42N2O2/c1-4-6-7-10-18-30-20-17-24-21-28-27(29-22-24)25-13-15-26(16-14-25)31-19-11-8-9-12-23(3)5-2/h13-16,21-23H,4-12,17-20H2,1-3H3. The number of unbranched alkanes of at least 4 members (excludes halogenated alkanes) is 5. The highest BCUT2D eigenvalue weighted by Gasteiger charge is 2.04. The summed E-state index contributed by atoms with van der Waals surface area (Å²) in [6.45, 7) is 9.20. The zero-order valence-electron chi connectivity index (χ0n) is 19.9. The van der Waals surface area contributed by atoms with Crippen molar-refractivity contribution < 1.29 is 9.47 Å². The fourth-order valence-corrected chi connectivity index (χ4v) is 3.42. The minimum absolute atomic E-state index is 0.735. The SMILES string of the molecule is CCCCCCOCCc1cnc(-c2ccc(OCCCCCC(C)CC)cc2)nc1. The van der Waals surface area contributed by atoms with Crippen LogP contribution in [0, 0.1) is 5.92 Å². The minimum Gasteiger partial charge on any atom is -0.494 e. The summed E-state index contributed by atoms with van der Waals surface area (Å²) in [6, 6.07) is 8.09. The van der Waals surface area contributed by atoms with Crippen LogP contribution in [0.15, 0.2) is 36.7 Å². The van der Waals surface area contributed by atoms with Gasteiger partial charge in [-0.15, -0.1) is 0 Å². The van der Waals surface area contributed by atoms with Crippen molar-refractivity contribution in [3.8, 4) is 17.1 Å². The normalized spacial score (nSPS) is 12.1. The van der Waals surface area contributed by atoms with Crippen molar-refractivity contribution in [3.05, 3.63) is 42.2 Å². The van der Waals surface area contributed by atoms with Crippen LogP contribution in [0.1, 0.15) is 84.1 Å². The van der Waals surface area contributed by atoms with Gasteiger partial charge in [-0.2, -0.15) is 0 Å². The van der Waals surface area contributed by atoms with E-state index in [1.165, 1.54) is 44.9 Å². The van der Waals surface area contributed by atoms with E-state index in [2.05, 4.69) is 30.7 Å². The zero-order chi connectivity index (χ0) is 22.2. The maximum Gasteiger partial charge on any atom is 0.159 e. The third-order valence-electron chi connectivity index (χ3n) is 5.80. The third-order valence-corrected chi connectivity index (χ3v) is 5.80. The molecule has 2 rings (SSSR count). The van der Waals surface area contributed by atoms with Gasteiger partial charge in [-0.3, -0.25) is 0 Å². The minimum atomic E-state index is 0.735. The van der Waals surface area contributed by atoms with E-state index in [4.69, 9.17) is 9.47 Å². The molecule has 0 radical (unpaired) electrons. The first-order valence-corrected chi connectivity index (χ1v) is 12.3. The molecule has 4 heteroatoms.